The quantitative estimate of drug-likeness (QED) is 0.287. The number of thiazole rings is 1. The van der Waals surface area contributed by atoms with Crippen LogP contribution in [0.5, 0.6) is 5.75 Å². The molecule has 0 spiro atoms. The third kappa shape index (κ3) is 5.84. The molecule has 37 heavy (non-hydrogen) atoms. The molecule has 1 amide bonds. The summed E-state index contributed by atoms with van der Waals surface area (Å²) in [5, 5.41) is 13.4. The van der Waals surface area contributed by atoms with Crippen LogP contribution in [0.2, 0.25) is 5.02 Å². The number of carboxylic acid groups (broad SMARTS) is 1. The summed E-state index contributed by atoms with van der Waals surface area (Å²) in [5.74, 6) is -0.777. The smallest absolute Gasteiger partial charge is 0.335 e. The molecule has 1 aliphatic heterocycles. The molecule has 7 nitrogen and oxygen atoms in total. The summed E-state index contributed by atoms with van der Waals surface area (Å²) in [4.78, 5) is 30.1. The zero-order valence-corrected chi connectivity index (χ0v) is 21.1. The van der Waals surface area contributed by atoms with E-state index in [-0.39, 0.29) is 37.5 Å². The zero-order chi connectivity index (χ0) is 25.9. The van der Waals surface area contributed by atoms with Gasteiger partial charge in [0.2, 0.25) is 5.91 Å². The molecule has 2 atom stereocenters. The Balaban J connectivity index is 1.21. The van der Waals surface area contributed by atoms with Gasteiger partial charge < -0.3 is 20.1 Å². The van der Waals surface area contributed by atoms with E-state index in [9.17, 15) is 14.0 Å². The number of rotatable bonds is 8. The summed E-state index contributed by atoms with van der Waals surface area (Å²) in [6.45, 7) is 0.125. The average Bonchev–Trinajstić information content (AvgIpc) is 3.47. The zero-order valence-electron chi connectivity index (χ0n) is 19.6. The number of carbonyl (C=O) groups excluding carboxylic acids is 1. The summed E-state index contributed by atoms with van der Waals surface area (Å²) < 4.78 is 21.0. The molecule has 0 radical (unpaired) electrons. The Labute approximate surface area is 221 Å². The van der Waals surface area contributed by atoms with Gasteiger partial charge in [-0.1, -0.05) is 41.1 Å². The van der Waals surface area contributed by atoms with Crippen molar-refractivity contribution in [2.75, 3.05) is 18.5 Å². The van der Waals surface area contributed by atoms with E-state index in [1.165, 1.54) is 28.4 Å². The Morgan fingerprint density at radius 1 is 1.16 bits per heavy atom. The van der Waals surface area contributed by atoms with Crippen LogP contribution in [0.3, 0.4) is 0 Å². The first-order chi connectivity index (χ1) is 17.9. The molecule has 2 N–H and O–H groups in total. The molecule has 1 saturated heterocycles. The molecular weight excluding hydrogens is 517 g/mol. The van der Waals surface area contributed by atoms with Gasteiger partial charge in [-0.2, -0.15) is 0 Å². The summed E-state index contributed by atoms with van der Waals surface area (Å²) >= 11 is 8.02. The number of hydrogen-bond donors (Lipinski definition) is 2. The Hall–Kier alpha value is -3.69. The fraction of sp³-hybridized carbons (Fsp3) is 0.222. The molecule has 1 fully saturated rings. The second kappa shape index (κ2) is 10.7. The number of alkyl halides is 1. The molecule has 5 rings (SSSR count). The van der Waals surface area contributed by atoms with E-state index >= 15 is 0 Å². The van der Waals surface area contributed by atoms with Gasteiger partial charge in [-0.25, -0.2) is 14.2 Å². The molecule has 4 aromatic rings. The molecule has 2 heterocycles. The van der Waals surface area contributed by atoms with Crippen molar-refractivity contribution in [1.29, 1.82) is 0 Å². The lowest BCUT2D eigenvalue weighted by atomic mass is 10.1. The highest BCUT2D eigenvalue weighted by Crippen LogP contribution is 2.32. The normalized spacial score (nSPS) is 17.2. The van der Waals surface area contributed by atoms with Crippen molar-refractivity contribution in [2.24, 2.45) is 0 Å². The molecule has 0 saturated carbocycles. The summed E-state index contributed by atoms with van der Waals surface area (Å²) in [5.41, 5.74) is 2.45. The number of carbonyl (C=O) groups is 2. The van der Waals surface area contributed by atoms with Crippen molar-refractivity contribution in [3.05, 3.63) is 82.9 Å². The number of nitrogens with zero attached hydrogens (tertiary/aromatic N) is 2. The van der Waals surface area contributed by atoms with Crippen molar-refractivity contribution in [1.82, 2.24) is 9.88 Å². The fourth-order valence-corrected chi connectivity index (χ4v) is 5.42. The van der Waals surface area contributed by atoms with Crippen LogP contribution in [0.4, 0.5) is 15.2 Å². The van der Waals surface area contributed by atoms with Crippen LogP contribution in [0.1, 0.15) is 22.3 Å². The Morgan fingerprint density at radius 3 is 2.68 bits per heavy atom. The van der Waals surface area contributed by atoms with Crippen LogP contribution >= 0.6 is 22.9 Å². The van der Waals surface area contributed by atoms with E-state index in [0.717, 1.165) is 20.9 Å². The minimum Gasteiger partial charge on any atom is -0.491 e. The van der Waals surface area contributed by atoms with Crippen LogP contribution in [-0.2, 0) is 11.2 Å². The van der Waals surface area contributed by atoms with Gasteiger partial charge in [-0.15, -0.1) is 0 Å². The van der Waals surface area contributed by atoms with E-state index in [0.29, 0.717) is 16.5 Å². The SMILES string of the molecule is O=C(O)c1ccc(OC[C@@H]2C[C@H](F)CN2C(=O)Cc2ccc(Nc3nc4ccccc4s3)c(Cl)c2)cc1. The first-order valence-electron chi connectivity index (χ1n) is 11.7. The number of ether oxygens (including phenoxy) is 1. The van der Waals surface area contributed by atoms with Gasteiger partial charge >= 0.3 is 5.97 Å². The van der Waals surface area contributed by atoms with Crippen LogP contribution in [-0.4, -0.2) is 52.2 Å². The van der Waals surface area contributed by atoms with E-state index in [1.54, 1.807) is 24.3 Å². The number of hydrogen-bond acceptors (Lipinski definition) is 6. The third-order valence-corrected chi connectivity index (χ3v) is 7.42. The minimum atomic E-state index is -1.13. The Bertz CT molecular complexity index is 1410. The predicted molar refractivity (Wildman–Crippen MR) is 142 cm³/mol. The van der Waals surface area contributed by atoms with Crippen molar-refractivity contribution in [3.63, 3.8) is 0 Å². The number of aromatic carboxylic acids is 1. The number of fused-ring (bicyclic) bond motifs is 1. The van der Waals surface area contributed by atoms with Crippen LogP contribution < -0.4 is 10.1 Å². The van der Waals surface area contributed by atoms with Crippen LogP contribution in [0.15, 0.2) is 66.7 Å². The lowest BCUT2D eigenvalue weighted by molar-refractivity contribution is -0.132. The topological polar surface area (TPSA) is 91.8 Å². The molecule has 3 aromatic carbocycles. The van der Waals surface area contributed by atoms with Gasteiger partial charge in [0.05, 0.1) is 45.5 Å². The van der Waals surface area contributed by atoms with Crippen LogP contribution in [0.25, 0.3) is 10.2 Å². The van der Waals surface area contributed by atoms with Crippen molar-refractivity contribution in [3.8, 4) is 5.75 Å². The first kappa shape index (κ1) is 25.0. The molecule has 0 aliphatic carbocycles. The number of anilines is 2. The number of likely N-dealkylation sites (tertiary alicyclic amines) is 1. The molecule has 0 unspecified atom stereocenters. The van der Waals surface area contributed by atoms with E-state index < -0.39 is 18.2 Å². The summed E-state index contributed by atoms with van der Waals surface area (Å²) in [6, 6.07) is 18.7. The van der Waals surface area contributed by atoms with Crippen LogP contribution in [0, 0.1) is 0 Å². The number of halogens is 2. The van der Waals surface area contributed by atoms with E-state index in [4.69, 9.17) is 21.4 Å². The maximum Gasteiger partial charge on any atom is 0.335 e. The summed E-state index contributed by atoms with van der Waals surface area (Å²) in [6.07, 6.45) is -0.863. The standard InChI is InChI=1S/C27H23ClFN3O4S/c28-21-11-16(5-10-22(21)30-27-31-23-3-1-2-4-24(23)37-27)12-25(33)32-14-18(29)13-19(32)15-36-20-8-6-17(7-9-20)26(34)35/h1-11,18-19H,12-15H2,(H,30,31)(H,34,35)/t18-,19-/m0/s1. The number of carboxylic acids is 1. The van der Waals surface area contributed by atoms with Gasteiger partial charge in [0.1, 0.15) is 18.5 Å². The number of aromatic nitrogens is 1. The fourth-order valence-electron chi connectivity index (χ4n) is 4.30. The van der Waals surface area contributed by atoms with Gasteiger partial charge in [0.15, 0.2) is 5.13 Å². The Kier molecular flexibility index (Phi) is 7.25. The highest BCUT2D eigenvalue weighted by Gasteiger charge is 2.35. The maximum atomic E-state index is 14.2. The number of nitrogens with one attached hydrogen (secondary N) is 1. The average molecular weight is 540 g/mol. The van der Waals surface area contributed by atoms with Crippen molar-refractivity contribution >= 4 is 55.8 Å². The molecule has 10 heteroatoms. The monoisotopic (exact) mass is 539 g/mol. The Morgan fingerprint density at radius 2 is 1.95 bits per heavy atom. The van der Waals surface area contributed by atoms with E-state index in [2.05, 4.69) is 10.3 Å². The highest BCUT2D eigenvalue weighted by atomic mass is 35.5. The van der Waals surface area contributed by atoms with Gasteiger partial charge in [-0.3, -0.25) is 4.79 Å². The summed E-state index contributed by atoms with van der Waals surface area (Å²) in [7, 11) is 0. The lowest BCUT2D eigenvalue weighted by Crippen LogP contribution is -2.40. The maximum absolute atomic E-state index is 14.2. The minimum absolute atomic E-state index is 0.00971. The lowest BCUT2D eigenvalue weighted by Gasteiger charge is -2.24. The third-order valence-electron chi connectivity index (χ3n) is 6.15. The van der Waals surface area contributed by atoms with E-state index in [1.807, 2.05) is 30.3 Å². The largest absolute Gasteiger partial charge is 0.491 e. The number of para-hydroxylation sites is 1. The molecular formula is C27H23ClFN3O4S. The number of amides is 1. The van der Waals surface area contributed by atoms with Gasteiger partial charge in [0, 0.05) is 6.42 Å². The van der Waals surface area contributed by atoms with Crippen molar-refractivity contribution in [2.45, 2.75) is 25.1 Å². The first-order valence-corrected chi connectivity index (χ1v) is 12.9. The van der Waals surface area contributed by atoms with Crippen molar-refractivity contribution < 1.29 is 23.8 Å². The number of benzene rings is 3. The van der Waals surface area contributed by atoms with Gasteiger partial charge in [-0.05, 0) is 54.1 Å². The highest BCUT2D eigenvalue weighted by molar-refractivity contribution is 7.22. The predicted octanol–water partition coefficient (Wildman–Crippen LogP) is 5.95. The molecule has 1 aliphatic rings. The second-order valence-corrected chi connectivity index (χ2v) is 10.2. The molecule has 190 valence electrons. The van der Waals surface area contributed by atoms with Gasteiger partial charge in [0.25, 0.3) is 0 Å². The molecule has 0 bridgehead atoms. The second-order valence-electron chi connectivity index (χ2n) is 8.78. The molecule has 1 aromatic heterocycles.